The van der Waals surface area contributed by atoms with Gasteiger partial charge in [0.1, 0.15) is 5.82 Å². The Morgan fingerprint density at radius 3 is 2.85 bits per heavy atom. The number of aryl methyl sites for hydroxylation is 2. The summed E-state index contributed by atoms with van der Waals surface area (Å²) < 4.78 is 0. The molecule has 0 atom stereocenters. The molecule has 0 spiro atoms. The lowest BCUT2D eigenvalue weighted by Gasteiger charge is -2.07. The molecule has 104 valence electrons. The highest BCUT2D eigenvalue weighted by Gasteiger charge is 2.11. The van der Waals surface area contributed by atoms with E-state index in [2.05, 4.69) is 47.6 Å². The quantitative estimate of drug-likeness (QED) is 0.872. The molecule has 1 heterocycles. The summed E-state index contributed by atoms with van der Waals surface area (Å²) in [6.45, 7) is 3.14. The third kappa shape index (κ3) is 3.15. The molecule has 0 radical (unpaired) electrons. The maximum Gasteiger partial charge on any atom is 0.127 e. The highest BCUT2D eigenvalue weighted by molar-refractivity contribution is 7.99. The van der Waals surface area contributed by atoms with Gasteiger partial charge in [-0.2, -0.15) is 0 Å². The number of nitrogens with one attached hydrogen (secondary N) is 1. The molecule has 0 aliphatic heterocycles. The van der Waals surface area contributed by atoms with Crippen molar-refractivity contribution in [3.8, 4) is 0 Å². The molecule has 0 saturated carbocycles. The van der Waals surface area contributed by atoms with Gasteiger partial charge in [0.25, 0.3) is 0 Å². The SMILES string of the molecule is CCCNc1cc(Sc2ccc3c(c2)CCC3)ccn1. The van der Waals surface area contributed by atoms with E-state index in [1.807, 2.05) is 18.0 Å². The van der Waals surface area contributed by atoms with E-state index in [1.54, 1.807) is 0 Å². The first kappa shape index (κ1) is 13.5. The second-order valence-electron chi connectivity index (χ2n) is 5.19. The third-order valence-electron chi connectivity index (χ3n) is 3.59. The van der Waals surface area contributed by atoms with E-state index in [4.69, 9.17) is 0 Å². The Balaban J connectivity index is 1.74. The van der Waals surface area contributed by atoms with Crippen molar-refractivity contribution in [2.45, 2.75) is 42.4 Å². The van der Waals surface area contributed by atoms with Crippen LogP contribution in [0.1, 0.15) is 30.9 Å². The second kappa shape index (κ2) is 6.31. The molecule has 1 aromatic heterocycles. The number of anilines is 1. The average molecular weight is 284 g/mol. The number of fused-ring (bicyclic) bond motifs is 1. The standard InChI is InChI=1S/C17H20N2S/c1-2-9-18-17-12-16(8-10-19-17)20-15-7-6-13-4-3-5-14(13)11-15/h6-8,10-12H,2-5,9H2,1H3,(H,18,19). The normalized spacial score (nSPS) is 13.2. The zero-order valence-corrected chi connectivity index (χ0v) is 12.7. The fourth-order valence-corrected chi connectivity index (χ4v) is 3.48. The largest absolute Gasteiger partial charge is 0.370 e. The van der Waals surface area contributed by atoms with Gasteiger partial charge in [-0.1, -0.05) is 24.8 Å². The number of nitrogens with zero attached hydrogens (tertiary/aromatic N) is 1. The average Bonchev–Trinajstić information content (AvgIpc) is 2.93. The van der Waals surface area contributed by atoms with Crippen molar-refractivity contribution in [3.63, 3.8) is 0 Å². The highest BCUT2D eigenvalue weighted by atomic mass is 32.2. The first-order valence-electron chi connectivity index (χ1n) is 7.35. The van der Waals surface area contributed by atoms with Crippen LogP contribution in [0.5, 0.6) is 0 Å². The van der Waals surface area contributed by atoms with Gasteiger partial charge >= 0.3 is 0 Å². The maximum absolute atomic E-state index is 4.35. The van der Waals surface area contributed by atoms with Gasteiger partial charge in [0, 0.05) is 22.5 Å². The summed E-state index contributed by atoms with van der Waals surface area (Å²) in [7, 11) is 0. The lowest BCUT2D eigenvalue weighted by atomic mass is 10.1. The molecule has 3 rings (SSSR count). The molecule has 20 heavy (non-hydrogen) atoms. The fraction of sp³-hybridized carbons (Fsp3) is 0.353. The third-order valence-corrected chi connectivity index (χ3v) is 4.57. The van der Waals surface area contributed by atoms with Crippen LogP contribution in [0.15, 0.2) is 46.3 Å². The number of benzene rings is 1. The Hall–Kier alpha value is -1.48. The van der Waals surface area contributed by atoms with Gasteiger partial charge in [0.15, 0.2) is 0 Å². The Morgan fingerprint density at radius 2 is 1.95 bits per heavy atom. The second-order valence-corrected chi connectivity index (χ2v) is 6.34. The molecular weight excluding hydrogens is 264 g/mol. The van der Waals surface area contributed by atoms with Crippen LogP contribution in [0.25, 0.3) is 0 Å². The molecule has 1 aliphatic carbocycles. The first-order chi connectivity index (χ1) is 9.85. The van der Waals surface area contributed by atoms with Crippen molar-refractivity contribution in [3.05, 3.63) is 47.7 Å². The maximum atomic E-state index is 4.35. The van der Waals surface area contributed by atoms with Crippen LogP contribution < -0.4 is 5.32 Å². The first-order valence-corrected chi connectivity index (χ1v) is 8.16. The molecule has 1 aromatic carbocycles. The molecule has 2 aromatic rings. The van der Waals surface area contributed by atoms with E-state index >= 15 is 0 Å². The predicted molar refractivity (Wildman–Crippen MR) is 85.6 cm³/mol. The minimum absolute atomic E-state index is 0.970. The Kier molecular flexibility index (Phi) is 4.26. The van der Waals surface area contributed by atoms with Crippen molar-refractivity contribution < 1.29 is 0 Å². The van der Waals surface area contributed by atoms with Gasteiger partial charge in [0.2, 0.25) is 0 Å². The molecular formula is C17H20N2S. The minimum atomic E-state index is 0.970. The Labute approximate surface area is 125 Å². The summed E-state index contributed by atoms with van der Waals surface area (Å²) in [6, 6.07) is 11.1. The topological polar surface area (TPSA) is 24.9 Å². The molecule has 0 fully saturated rings. The van der Waals surface area contributed by atoms with Gasteiger partial charge in [-0.25, -0.2) is 4.98 Å². The van der Waals surface area contributed by atoms with E-state index in [9.17, 15) is 0 Å². The summed E-state index contributed by atoms with van der Waals surface area (Å²) in [6.07, 6.45) is 6.80. The highest BCUT2D eigenvalue weighted by Crippen LogP contribution is 2.32. The van der Waals surface area contributed by atoms with E-state index in [0.717, 1.165) is 18.8 Å². The van der Waals surface area contributed by atoms with Gasteiger partial charge in [0.05, 0.1) is 0 Å². The van der Waals surface area contributed by atoms with Gasteiger partial charge in [-0.05, 0) is 61.1 Å². The van der Waals surface area contributed by atoms with Crippen molar-refractivity contribution >= 4 is 17.6 Å². The molecule has 0 bridgehead atoms. The van der Waals surface area contributed by atoms with Crippen LogP contribution in [0.3, 0.4) is 0 Å². The lowest BCUT2D eigenvalue weighted by Crippen LogP contribution is -2.01. The number of hydrogen-bond acceptors (Lipinski definition) is 3. The van der Waals surface area contributed by atoms with Crippen molar-refractivity contribution in [2.75, 3.05) is 11.9 Å². The fourth-order valence-electron chi connectivity index (χ4n) is 2.57. The number of pyridine rings is 1. The smallest absolute Gasteiger partial charge is 0.127 e. The van der Waals surface area contributed by atoms with Crippen LogP contribution in [-0.4, -0.2) is 11.5 Å². The molecule has 1 N–H and O–H groups in total. The molecule has 2 nitrogen and oxygen atoms in total. The van der Waals surface area contributed by atoms with E-state index in [-0.39, 0.29) is 0 Å². The van der Waals surface area contributed by atoms with Crippen molar-refractivity contribution in [1.82, 2.24) is 4.98 Å². The number of rotatable bonds is 5. The molecule has 0 amide bonds. The van der Waals surface area contributed by atoms with Gasteiger partial charge < -0.3 is 5.32 Å². The molecule has 3 heteroatoms. The van der Waals surface area contributed by atoms with E-state index in [0.29, 0.717) is 0 Å². The predicted octanol–water partition coefficient (Wildman–Crippen LogP) is 4.54. The van der Waals surface area contributed by atoms with Crippen molar-refractivity contribution in [2.24, 2.45) is 0 Å². The number of hydrogen-bond donors (Lipinski definition) is 1. The van der Waals surface area contributed by atoms with Crippen molar-refractivity contribution in [1.29, 1.82) is 0 Å². The lowest BCUT2D eigenvalue weighted by molar-refractivity contribution is 0.911. The summed E-state index contributed by atoms with van der Waals surface area (Å²) >= 11 is 1.82. The summed E-state index contributed by atoms with van der Waals surface area (Å²) in [5.74, 6) is 0.970. The van der Waals surface area contributed by atoms with Gasteiger partial charge in [-0.15, -0.1) is 0 Å². The zero-order chi connectivity index (χ0) is 13.8. The monoisotopic (exact) mass is 284 g/mol. The Morgan fingerprint density at radius 1 is 1.10 bits per heavy atom. The molecule has 0 unspecified atom stereocenters. The summed E-state index contributed by atoms with van der Waals surface area (Å²) in [5, 5.41) is 3.34. The van der Waals surface area contributed by atoms with Crippen LogP contribution in [0.2, 0.25) is 0 Å². The zero-order valence-electron chi connectivity index (χ0n) is 11.9. The minimum Gasteiger partial charge on any atom is -0.370 e. The van der Waals surface area contributed by atoms with Crippen LogP contribution in [-0.2, 0) is 12.8 Å². The van der Waals surface area contributed by atoms with Crippen LogP contribution >= 0.6 is 11.8 Å². The van der Waals surface area contributed by atoms with Crippen LogP contribution in [0, 0.1) is 0 Å². The summed E-state index contributed by atoms with van der Waals surface area (Å²) in [5.41, 5.74) is 3.07. The van der Waals surface area contributed by atoms with Gasteiger partial charge in [-0.3, -0.25) is 0 Å². The molecule has 1 aliphatic rings. The Bertz CT molecular complexity index is 595. The molecule has 0 saturated heterocycles. The van der Waals surface area contributed by atoms with E-state index in [1.165, 1.54) is 40.2 Å². The number of aromatic nitrogens is 1. The van der Waals surface area contributed by atoms with Crippen LogP contribution in [0.4, 0.5) is 5.82 Å². The summed E-state index contributed by atoms with van der Waals surface area (Å²) in [4.78, 5) is 6.93. The van der Waals surface area contributed by atoms with E-state index < -0.39 is 0 Å².